The van der Waals surface area contributed by atoms with Gasteiger partial charge in [0.15, 0.2) is 0 Å². The van der Waals surface area contributed by atoms with Crippen molar-refractivity contribution in [1.82, 2.24) is 9.80 Å². The van der Waals surface area contributed by atoms with Crippen LogP contribution in [0.1, 0.15) is 25.3 Å². The number of aliphatic carboxylic acids is 1. The van der Waals surface area contributed by atoms with Crippen molar-refractivity contribution >= 4 is 12.1 Å². The third-order valence-corrected chi connectivity index (χ3v) is 4.12. The van der Waals surface area contributed by atoms with Gasteiger partial charge >= 0.3 is 12.1 Å². The molecule has 0 radical (unpaired) electrons. The zero-order valence-corrected chi connectivity index (χ0v) is 13.5. The summed E-state index contributed by atoms with van der Waals surface area (Å²) in [4.78, 5) is 26.7. The largest absolute Gasteiger partial charge is 0.480 e. The molecule has 6 nitrogen and oxygen atoms in total. The van der Waals surface area contributed by atoms with Crippen molar-refractivity contribution in [3.05, 3.63) is 35.9 Å². The average molecular weight is 320 g/mol. The molecule has 1 saturated heterocycles. The number of carbonyl (C=O) groups is 2. The number of piperidine rings is 1. The molecule has 1 aromatic rings. The standard InChI is InChI=1S/C17H24N2O4/c1-2-18(12-16(20)21)15-9-6-10-19(11-15)17(22)23-13-14-7-4-3-5-8-14/h3-5,7-8,15H,2,6,9-13H2,1H3,(H,20,21). The summed E-state index contributed by atoms with van der Waals surface area (Å²) in [6, 6.07) is 9.64. The molecule has 1 fully saturated rings. The summed E-state index contributed by atoms with van der Waals surface area (Å²) >= 11 is 0. The van der Waals surface area contributed by atoms with E-state index in [1.165, 1.54) is 0 Å². The van der Waals surface area contributed by atoms with Crippen molar-refractivity contribution in [1.29, 1.82) is 0 Å². The number of carboxylic acid groups (broad SMARTS) is 1. The predicted octanol–water partition coefficient (Wildman–Crippen LogP) is 2.19. The summed E-state index contributed by atoms with van der Waals surface area (Å²) < 4.78 is 5.36. The molecule has 1 N–H and O–H groups in total. The highest BCUT2D eigenvalue weighted by Gasteiger charge is 2.28. The molecule has 1 atom stereocenters. The third kappa shape index (κ3) is 5.25. The Kier molecular flexibility index (Phi) is 6.40. The fraction of sp³-hybridized carbons (Fsp3) is 0.529. The van der Waals surface area contributed by atoms with Gasteiger partial charge in [-0.15, -0.1) is 0 Å². The number of hydrogen-bond donors (Lipinski definition) is 1. The number of benzene rings is 1. The Morgan fingerprint density at radius 1 is 1.35 bits per heavy atom. The number of nitrogens with zero attached hydrogens (tertiary/aromatic N) is 2. The Labute approximate surface area is 136 Å². The number of hydrogen-bond acceptors (Lipinski definition) is 4. The van der Waals surface area contributed by atoms with Gasteiger partial charge in [0.1, 0.15) is 6.61 Å². The lowest BCUT2D eigenvalue weighted by molar-refractivity contribution is -0.139. The number of carbonyl (C=O) groups excluding carboxylic acids is 1. The normalized spacial score (nSPS) is 18.0. The Balaban J connectivity index is 1.87. The number of amides is 1. The number of carboxylic acids is 1. The maximum atomic E-state index is 12.2. The van der Waals surface area contributed by atoms with Crippen molar-refractivity contribution in [2.75, 3.05) is 26.2 Å². The van der Waals surface area contributed by atoms with Crippen molar-refractivity contribution in [2.24, 2.45) is 0 Å². The highest BCUT2D eigenvalue weighted by molar-refractivity contribution is 5.69. The van der Waals surface area contributed by atoms with E-state index in [9.17, 15) is 9.59 Å². The van der Waals surface area contributed by atoms with E-state index in [0.717, 1.165) is 18.4 Å². The molecule has 2 rings (SSSR count). The molecule has 1 aromatic carbocycles. The summed E-state index contributed by atoms with van der Waals surface area (Å²) in [5.41, 5.74) is 0.954. The SMILES string of the molecule is CCN(CC(=O)O)C1CCCN(C(=O)OCc2ccccc2)C1. The predicted molar refractivity (Wildman–Crippen MR) is 86.1 cm³/mol. The van der Waals surface area contributed by atoms with Crippen LogP contribution in [0.15, 0.2) is 30.3 Å². The summed E-state index contributed by atoms with van der Waals surface area (Å²) in [5.74, 6) is -0.837. The van der Waals surface area contributed by atoms with Crippen LogP contribution in [-0.2, 0) is 16.1 Å². The van der Waals surface area contributed by atoms with Crippen LogP contribution in [0.5, 0.6) is 0 Å². The van der Waals surface area contributed by atoms with Crippen LogP contribution in [-0.4, -0.2) is 59.2 Å². The second-order valence-electron chi connectivity index (χ2n) is 5.74. The molecule has 1 unspecified atom stereocenters. The van der Waals surface area contributed by atoms with Crippen molar-refractivity contribution in [2.45, 2.75) is 32.4 Å². The first-order valence-corrected chi connectivity index (χ1v) is 8.01. The lowest BCUT2D eigenvalue weighted by atomic mass is 10.0. The van der Waals surface area contributed by atoms with Crippen molar-refractivity contribution < 1.29 is 19.4 Å². The van der Waals surface area contributed by atoms with Gasteiger partial charge in [0.25, 0.3) is 0 Å². The van der Waals surface area contributed by atoms with Gasteiger partial charge in [-0.1, -0.05) is 37.3 Å². The minimum absolute atomic E-state index is 0.00801. The van der Waals surface area contributed by atoms with Crippen LogP contribution >= 0.6 is 0 Å². The van der Waals surface area contributed by atoms with E-state index < -0.39 is 5.97 Å². The zero-order valence-electron chi connectivity index (χ0n) is 13.5. The maximum absolute atomic E-state index is 12.2. The zero-order chi connectivity index (χ0) is 16.7. The molecule has 0 saturated carbocycles. The van der Waals surface area contributed by atoms with Gasteiger partial charge in [0, 0.05) is 19.1 Å². The lowest BCUT2D eigenvalue weighted by Gasteiger charge is -2.37. The minimum Gasteiger partial charge on any atom is -0.480 e. The summed E-state index contributed by atoms with van der Waals surface area (Å²) in [5, 5.41) is 8.98. The minimum atomic E-state index is -0.837. The molecule has 126 valence electrons. The number of rotatable bonds is 6. The number of likely N-dealkylation sites (tertiary alicyclic amines) is 1. The molecule has 0 aromatic heterocycles. The van der Waals surface area contributed by atoms with Gasteiger partial charge in [-0.2, -0.15) is 0 Å². The van der Waals surface area contributed by atoms with Crippen LogP contribution in [0.2, 0.25) is 0 Å². The molecule has 0 aliphatic carbocycles. The molecule has 1 aliphatic rings. The van der Waals surface area contributed by atoms with Gasteiger partial charge in [-0.05, 0) is 24.9 Å². The van der Waals surface area contributed by atoms with Crippen molar-refractivity contribution in [3.63, 3.8) is 0 Å². The van der Waals surface area contributed by atoms with Gasteiger partial charge in [0.05, 0.1) is 6.54 Å². The molecule has 1 amide bonds. The second kappa shape index (κ2) is 8.53. The Morgan fingerprint density at radius 2 is 2.09 bits per heavy atom. The first-order valence-electron chi connectivity index (χ1n) is 8.01. The van der Waals surface area contributed by atoms with Gasteiger partial charge in [-0.25, -0.2) is 4.79 Å². The van der Waals surface area contributed by atoms with E-state index in [1.54, 1.807) is 4.90 Å². The van der Waals surface area contributed by atoms with E-state index in [-0.39, 0.29) is 25.3 Å². The first kappa shape index (κ1) is 17.3. The molecule has 0 bridgehead atoms. The van der Waals surface area contributed by atoms with Crippen LogP contribution < -0.4 is 0 Å². The second-order valence-corrected chi connectivity index (χ2v) is 5.74. The summed E-state index contributed by atoms with van der Waals surface area (Å²) in [6.07, 6.45) is 1.44. The van der Waals surface area contributed by atoms with Crippen LogP contribution in [0.25, 0.3) is 0 Å². The Morgan fingerprint density at radius 3 is 2.74 bits per heavy atom. The Bertz CT molecular complexity index is 521. The fourth-order valence-corrected chi connectivity index (χ4v) is 2.90. The summed E-state index contributed by atoms with van der Waals surface area (Å²) in [7, 11) is 0. The molecule has 1 heterocycles. The van der Waals surface area contributed by atoms with Crippen LogP contribution in [0, 0.1) is 0 Å². The maximum Gasteiger partial charge on any atom is 0.410 e. The molecule has 23 heavy (non-hydrogen) atoms. The van der Waals surface area contributed by atoms with Gasteiger partial charge < -0.3 is 14.7 Å². The first-order chi connectivity index (χ1) is 11.1. The topological polar surface area (TPSA) is 70.1 Å². The van der Waals surface area contributed by atoms with Crippen LogP contribution in [0.3, 0.4) is 0 Å². The smallest absolute Gasteiger partial charge is 0.410 e. The lowest BCUT2D eigenvalue weighted by Crippen LogP contribution is -2.51. The molecule has 6 heteroatoms. The average Bonchev–Trinajstić information content (AvgIpc) is 2.58. The number of ether oxygens (including phenoxy) is 1. The van der Waals surface area contributed by atoms with E-state index >= 15 is 0 Å². The third-order valence-electron chi connectivity index (χ3n) is 4.12. The monoisotopic (exact) mass is 320 g/mol. The highest BCUT2D eigenvalue weighted by atomic mass is 16.6. The molecular formula is C17H24N2O4. The van der Waals surface area contributed by atoms with E-state index in [1.807, 2.05) is 42.2 Å². The molecule has 0 spiro atoms. The van der Waals surface area contributed by atoms with E-state index in [2.05, 4.69) is 0 Å². The van der Waals surface area contributed by atoms with Crippen molar-refractivity contribution in [3.8, 4) is 0 Å². The van der Waals surface area contributed by atoms with E-state index in [4.69, 9.17) is 9.84 Å². The quantitative estimate of drug-likeness (QED) is 0.870. The van der Waals surface area contributed by atoms with Crippen LogP contribution in [0.4, 0.5) is 4.79 Å². The molecule has 1 aliphatic heterocycles. The highest BCUT2D eigenvalue weighted by Crippen LogP contribution is 2.17. The number of likely N-dealkylation sites (N-methyl/N-ethyl adjacent to an activating group) is 1. The Hall–Kier alpha value is -2.08. The van der Waals surface area contributed by atoms with Gasteiger partial charge in [-0.3, -0.25) is 9.69 Å². The van der Waals surface area contributed by atoms with E-state index in [0.29, 0.717) is 19.6 Å². The fourth-order valence-electron chi connectivity index (χ4n) is 2.90. The molecular weight excluding hydrogens is 296 g/mol. The van der Waals surface area contributed by atoms with Gasteiger partial charge in [0.2, 0.25) is 0 Å². The summed E-state index contributed by atoms with van der Waals surface area (Å²) in [6.45, 7) is 4.05.